The van der Waals surface area contributed by atoms with Gasteiger partial charge in [0.1, 0.15) is 5.52 Å². The number of hydrogen-bond acceptors (Lipinski definition) is 3. The number of pyridine rings is 1. The Morgan fingerprint density at radius 3 is 3.00 bits per heavy atom. The van der Waals surface area contributed by atoms with Crippen LogP contribution in [0.4, 0.5) is 5.82 Å². The minimum atomic E-state index is 0.184. The monoisotopic (exact) mass is 278 g/mol. The zero-order valence-electron chi connectivity index (χ0n) is 11.1. The number of rotatable bonds is 2. The van der Waals surface area contributed by atoms with E-state index < -0.39 is 0 Å². The third-order valence-electron chi connectivity index (χ3n) is 3.90. The zero-order valence-corrected chi connectivity index (χ0v) is 11.9. The molecule has 1 fully saturated rings. The fraction of sp³-hybridized carbons (Fsp3) is 0.571. The van der Waals surface area contributed by atoms with Crippen molar-refractivity contribution in [1.29, 1.82) is 0 Å². The molecule has 0 amide bonds. The molecule has 4 nitrogen and oxygen atoms in total. The molecule has 0 bridgehead atoms. The number of aryl methyl sites for hydroxylation is 1. The Kier molecular flexibility index (Phi) is 3.60. The fourth-order valence-electron chi connectivity index (χ4n) is 2.77. The molecule has 1 aliphatic carbocycles. The molecule has 102 valence electrons. The second-order valence-electron chi connectivity index (χ2n) is 5.29. The molecule has 0 saturated heterocycles. The Morgan fingerprint density at radius 1 is 1.26 bits per heavy atom. The summed E-state index contributed by atoms with van der Waals surface area (Å²) in [7, 11) is 2.00. The summed E-state index contributed by atoms with van der Waals surface area (Å²) in [6.07, 6.45) is 9.58. The van der Waals surface area contributed by atoms with Gasteiger partial charge in [-0.15, -0.1) is 11.6 Å². The Labute approximate surface area is 118 Å². The summed E-state index contributed by atoms with van der Waals surface area (Å²) in [5.74, 6) is 0.857. The van der Waals surface area contributed by atoms with Gasteiger partial charge in [0, 0.05) is 19.3 Å². The number of aromatic nitrogens is 3. The Morgan fingerprint density at radius 2 is 2.11 bits per heavy atom. The average Bonchev–Trinajstić information content (AvgIpc) is 2.67. The van der Waals surface area contributed by atoms with Crippen molar-refractivity contribution in [3.63, 3.8) is 0 Å². The second-order valence-corrected chi connectivity index (χ2v) is 5.85. The molecule has 2 heterocycles. The maximum atomic E-state index is 6.48. The maximum absolute atomic E-state index is 6.48. The van der Waals surface area contributed by atoms with Gasteiger partial charge in [0.15, 0.2) is 5.82 Å². The van der Waals surface area contributed by atoms with Crippen LogP contribution in [0, 0.1) is 0 Å². The largest absolute Gasteiger partial charge is 0.364 e. The van der Waals surface area contributed by atoms with Gasteiger partial charge in [0.05, 0.1) is 17.2 Å². The molecule has 3 rings (SSSR count). The van der Waals surface area contributed by atoms with Crippen LogP contribution in [0.1, 0.15) is 32.1 Å². The lowest BCUT2D eigenvalue weighted by Crippen LogP contribution is -2.29. The Hall–Kier alpha value is -1.29. The summed E-state index contributed by atoms with van der Waals surface area (Å²) in [5, 5.41) is 3.69. The van der Waals surface area contributed by atoms with E-state index in [2.05, 4.69) is 15.3 Å². The standard InChI is InChI=1S/C14H19ClN4/c1-19-9-17-13-12(19)7-8-16-14(13)18-11-6-4-2-3-5-10(11)15/h7-11H,2-6H2,1H3,(H,16,18). The normalized spacial score (nSPS) is 24.3. The van der Waals surface area contributed by atoms with Crippen molar-refractivity contribution in [2.45, 2.75) is 43.5 Å². The van der Waals surface area contributed by atoms with E-state index in [1.54, 1.807) is 0 Å². The van der Waals surface area contributed by atoms with Crippen LogP contribution in [0.2, 0.25) is 0 Å². The highest BCUT2D eigenvalue weighted by Gasteiger charge is 2.22. The number of nitrogens with one attached hydrogen (secondary N) is 1. The predicted octanol–water partition coefficient (Wildman–Crippen LogP) is 3.32. The van der Waals surface area contributed by atoms with Crippen LogP contribution >= 0.6 is 11.6 Å². The number of imidazole rings is 1. The van der Waals surface area contributed by atoms with Crippen LogP contribution < -0.4 is 5.32 Å². The van der Waals surface area contributed by atoms with Crippen LogP contribution in [0.25, 0.3) is 11.0 Å². The van der Waals surface area contributed by atoms with E-state index >= 15 is 0 Å². The van der Waals surface area contributed by atoms with Crippen LogP contribution in [-0.4, -0.2) is 26.0 Å². The summed E-state index contributed by atoms with van der Waals surface area (Å²) < 4.78 is 2.01. The first-order valence-electron chi connectivity index (χ1n) is 6.92. The number of hydrogen-bond donors (Lipinski definition) is 1. The molecule has 5 heteroatoms. The average molecular weight is 279 g/mol. The summed E-state index contributed by atoms with van der Waals surface area (Å²) in [6.45, 7) is 0. The quantitative estimate of drug-likeness (QED) is 0.677. The smallest absolute Gasteiger partial charge is 0.154 e. The summed E-state index contributed by atoms with van der Waals surface area (Å²) in [6, 6.07) is 2.28. The third kappa shape index (κ3) is 2.54. The van der Waals surface area contributed by atoms with Gasteiger partial charge >= 0.3 is 0 Å². The van der Waals surface area contributed by atoms with Gasteiger partial charge in [0.2, 0.25) is 0 Å². The van der Waals surface area contributed by atoms with Gasteiger partial charge in [-0.25, -0.2) is 9.97 Å². The summed E-state index contributed by atoms with van der Waals surface area (Å²) in [4.78, 5) is 8.86. The first-order valence-corrected chi connectivity index (χ1v) is 7.36. The van der Waals surface area contributed by atoms with E-state index in [9.17, 15) is 0 Å². The van der Waals surface area contributed by atoms with Crippen molar-refractivity contribution in [3.05, 3.63) is 18.6 Å². The molecule has 2 aromatic heterocycles. The second kappa shape index (κ2) is 5.37. The minimum absolute atomic E-state index is 0.184. The first kappa shape index (κ1) is 12.7. The first-order chi connectivity index (χ1) is 9.25. The summed E-state index contributed by atoms with van der Waals surface area (Å²) in [5.41, 5.74) is 2.02. The van der Waals surface area contributed by atoms with E-state index in [-0.39, 0.29) is 5.38 Å². The molecular weight excluding hydrogens is 260 g/mol. The number of halogens is 1. The predicted molar refractivity (Wildman–Crippen MR) is 78.6 cm³/mol. The minimum Gasteiger partial charge on any atom is -0.364 e. The van der Waals surface area contributed by atoms with Crippen LogP contribution in [-0.2, 0) is 7.05 Å². The number of alkyl halides is 1. The van der Waals surface area contributed by atoms with Crippen molar-refractivity contribution < 1.29 is 0 Å². The third-order valence-corrected chi connectivity index (χ3v) is 4.42. The van der Waals surface area contributed by atoms with E-state index in [0.29, 0.717) is 6.04 Å². The number of nitrogens with zero attached hydrogens (tertiary/aromatic N) is 3. The lowest BCUT2D eigenvalue weighted by Gasteiger charge is -2.21. The van der Waals surface area contributed by atoms with Crippen LogP contribution in [0.3, 0.4) is 0 Å². The van der Waals surface area contributed by atoms with Gasteiger partial charge in [-0.05, 0) is 18.9 Å². The topological polar surface area (TPSA) is 42.7 Å². The maximum Gasteiger partial charge on any atom is 0.154 e. The van der Waals surface area contributed by atoms with Crippen LogP contribution in [0.5, 0.6) is 0 Å². The molecule has 2 atom stereocenters. The van der Waals surface area contributed by atoms with Crippen molar-refractivity contribution >= 4 is 28.5 Å². The number of anilines is 1. The van der Waals surface area contributed by atoms with Gasteiger partial charge in [-0.1, -0.05) is 19.3 Å². The van der Waals surface area contributed by atoms with Gasteiger partial charge < -0.3 is 9.88 Å². The van der Waals surface area contributed by atoms with Crippen molar-refractivity contribution in [1.82, 2.24) is 14.5 Å². The highest BCUT2D eigenvalue weighted by Crippen LogP contribution is 2.27. The lowest BCUT2D eigenvalue weighted by molar-refractivity contribution is 0.625. The van der Waals surface area contributed by atoms with Crippen molar-refractivity contribution in [2.24, 2.45) is 7.05 Å². The summed E-state index contributed by atoms with van der Waals surface area (Å²) >= 11 is 6.48. The zero-order chi connectivity index (χ0) is 13.2. The van der Waals surface area contributed by atoms with E-state index in [1.165, 1.54) is 19.3 Å². The van der Waals surface area contributed by atoms with Crippen molar-refractivity contribution in [3.8, 4) is 0 Å². The number of fused-ring (bicyclic) bond motifs is 1. The van der Waals surface area contributed by atoms with Crippen LogP contribution in [0.15, 0.2) is 18.6 Å². The fourth-order valence-corrected chi connectivity index (χ4v) is 3.11. The molecule has 0 aromatic carbocycles. The molecule has 2 aromatic rings. The highest BCUT2D eigenvalue weighted by molar-refractivity contribution is 6.21. The highest BCUT2D eigenvalue weighted by atomic mass is 35.5. The molecule has 0 aliphatic heterocycles. The molecule has 19 heavy (non-hydrogen) atoms. The molecule has 2 unspecified atom stereocenters. The Bertz CT molecular complexity index is 566. The molecule has 0 spiro atoms. The van der Waals surface area contributed by atoms with Gasteiger partial charge in [0.25, 0.3) is 0 Å². The lowest BCUT2D eigenvalue weighted by atomic mass is 10.1. The molecule has 1 N–H and O–H groups in total. The SMILES string of the molecule is Cn1cnc2c(NC3CCCCCC3Cl)nccc21. The van der Waals surface area contributed by atoms with E-state index in [1.807, 2.05) is 30.2 Å². The van der Waals surface area contributed by atoms with Crippen molar-refractivity contribution in [2.75, 3.05) is 5.32 Å². The van der Waals surface area contributed by atoms with E-state index in [0.717, 1.165) is 29.7 Å². The van der Waals surface area contributed by atoms with E-state index in [4.69, 9.17) is 11.6 Å². The van der Waals surface area contributed by atoms with Gasteiger partial charge in [-0.2, -0.15) is 0 Å². The molecule has 0 radical (unpaired) electrons. The Balaban J connectivity index is 1.88. The molecule has 1 aliphatic rings. The van der Waals surface area contributed by atoms with Gasteiger partial charge in [-0.3, -0.25) is 0 Å². The molecular formula is C14H19ClN4. The molecule has 1 saturated carbocycles.